The Bertz CT molecular complexity index is 882. The largest absolute Gasteiger partial charge is 0.462 e. The van der Waals surface area contributed by atoms with Crippen LogP contribution in [-0.2, 0) is 10.9 Å². The Morgan fingerprint density at radius 3 is 2.44 bits per heavy atom. The summed E-state index contributed by atoms with van der Waals surface area (Å²) in [7, 11) is 0. The summed E-state index contributed by atoms with van der Waals surface area (Å²) in [5, 5.41) is 0.620. The van der Waals surface area contributed by atoms with E-state index in [1.807, 2.05) is 0 Å². The molecule has 0 fully saturated rings. The van der Waals surface area contributed by atoms with Crippen LogP contribution in [0, 0.1) is 0 Å². The first kappa shape index (κ1) is 17.6. The van der Waals surface area contributed by atoms with Gasteiger partial charge in [0.25, 0.3) is 0 Å². The molecule has 0 saturated heterocycles. The molecule has 3 aromatic rings. The van der Waals surface area contributed by atoms with Crippen molar-refractivity contribution in [1.82, 2.24) is 4.98 Å². The van der Waals surface area contributed by atoms with Crippen molar-refractivity contribution in [2.24, 2.45) is 0 Å². The van der Waals surface area contributed by atoms with Crippen LogP contribution in [0.2, 0.25) is 0 Å². The van der Waals surface area contributed by atoms with E-state index in [9.17, 15) is 18.0 Å². The van der Waals surface area contributed by atoms with Gasteiger partial charge in [0.15, 0.2) is 0 Å². The van der Waals surface area contributed by atoms with E-state index in [-0.39, 0.29) is 5.97 Å². The van der Waals surface area contributed by atoms with Gasteiger partial charge in [0.05, 0.1) is 17.0 Å². The number of alkyl halides is 3. The van der Waals surface area contributed by atoms with Gasteiger partial charge in [0, 0.05) is 16.6 Å². The highest BCUT2D eigenvalue weighted by Crippen LogP contribution is 2.37. The SMILES string of the molecule is CCOC(=O)c1ccc(-c2cnc(-c3ccc(C(F)(F)F)cc3)s2)s1. The van der Waals surface area contributed by atoms with Gasteiger partial charge in [-0.25, -0.2) is 9.78 Å². The first-order valence-corrected chi connectivity index (χ1v) is 8.92. The van der Waals surface area contributed by atoms with Crippen molar-refractivity contribution in [2.45, 2.75) is 13.1 Å². The fourth-order valence-corrected chi connectivity index (χ4v) is 4.00. The molecule has 0 bridgehead atoms. The number of carbonyl (C=O) groups excluding carboxylic acids is 1. The number of hydrogen-bond donors (Lipinski definition) is 0. The minimum absolute atomic E-state index is 0.310. The van der Waals surface area contributed by atoms with E-state index >= 15 is 0 Å². The van der Waals surface area contributed by atoms with Gasteiger partial charge in [-0.05, 0) is 31.2 Å². The first-order valence-electron chi connectivity index (χ1n) is 7.29. The van der Waals surface area contributed by atoms with Gasteiger partial charge in [-0.3, -0.25) is 0 Å². The molecule has 0 atom stereocenters. The van der Waals surface area contributed by atoms with Gasteiger partial charge >= 0.3 is 12.1 Å². The number of carbonyl (C=O) groups is 1. The number of nitrogens with zero attached hydrogens (tertiary/aromatic N) is 1. The molecule has 0 aliphatic heterocycles. The third-order valence-corrected chi connectivity index (χ3v) is 5.60. The lowest BCUT2D eigenvalue weighted by atomic mass is 10.1. The molecule has 0 saturated carbocycles. The molecule has 25 heavy (non-hydrogen) atoms. The molecule has 3 nitrogen and oxygen atoms in total. The van der Waals surface area contributed by atoms with Crippen LogP contribution in [0.4, 0.5) is 13.2 Å². The molecule has 130 valence electrons. The zero-order valence-corrected chi connectivity index (χ0v) is 14.6. The monoisotopic (exact) mass is 383 g/mol. The van der Waals surface area contributed by atoms with Crippen molar-refractivity contribution in [2.75, 3.05) is 6.61 Å². The lowest BCUT2D eigenvalue weighted by molar-refractivity contribution is -0.137. The lowest BCUT2D eigenvalue weighted by Gasteiger charge is -2.06. The van der Waals surface area contributed by atoms with Crippen LogP contribution in [0.3, 0.4) is 0 Å². The molecular formula is C17H12F3NO2S2. The van der Waals surface area contributed by atoms with Crippen LogP contribution in [0.1, 0.15) is 22.2 Å². The summed E-state index contributed by atoms with van der Waals surface area (Å²) in [6.45, 7) is 2.05. The van der Waals surface area contributed by atoms with E-state index < -0.39 is 11.7 Å². The van der Waals surface area contributed by atoms with Crippen LogP contribution in [0.25, 0.3) is 20.3 Å². The van der Waals surface area contributed by atoms with Gasteiger partial charge in [0.2, 0.25) is 0 Å². The molecule has 0 N–H and O–H groups in total. The van der Waals surface area contributed by atoms with E-state index in [4.69, 9.17) is 4.74 Å². The Labute approximate surface area is 149 Å². The topological polar surface area (TPSA) is 39.2 Å². The molecule has 2 aromatic heterocycles. The minimum atomic E-state index is -4.35. The summed E-state index contributed by atoms with van der Waals surface area (Å²) in [5.74, 6) is -0.369. The summed E-state index contributed by atoms with van der Waals surface area (Å²) < 4.78 is 42.8. The molecule has 0 aliphatic rings. The highest BCUT2D eigenvalue weighted by Gasteiger charge is 2.30. The third kappa shape index (κ3) is 3.91. The number of rotatable bonds is 4. The van der Waals surface area contributed by atoms with Crippen LogP contribution in [0.5, 0.6) is 0 Å². The second-order valence-corrected chi connectivity index (χ2v) is 7.10. The summed E-state index contributed by atoms with van der Waals surface area (Å²) in [4.78, 5) is 18.2. The Morgan fingerprint density at radius 1 is 1.08 bits per heavy atom. The van der Waals surface area contributed by atoms with Crippen molar-refractivity contribution < 1.29 is 22.7 Å². The third-order valence-electron chi connectivity index (χ3n) is 3.29. The average Bonchev–Trinajstić information content (AvgIpc) is 3.24. The smallest absolute Gasteiger partial charge is 0.416 e. The van der Waals surface area contributed by atoms with Gasteiger partial charge in [-0.15, -0.1) is 22.7 Å². The fraction of sp³-hybridized carbons (Fsp3) is 0.176. The molecule has 2 heterocycles. The van der Waals surface area contributed by atoms with Crippen molar-refractivity contribution in [3.05, 3.63) is 53.0 Å². The van der Waals surface area contributed by atoms with E-state index in [1.165, 1.54) is 34.8 Å². The van der Waals surface area contributed by atoms with Crippen molar-refractivity contribution in [3.8, 4) is 20.3 Å². The predicted molar refractivity (Wildman–Crippen MR) is 91.8 cm³/mol. The molecule has 0 radical (unpaired) electrons. The zero-order chi connectivity index (χ0) is 18.0. The second kappa shape index (κ2) is 6.97. The summed E-state index contributed by atoms with van der Waals surface area (Å²) >= 11 is 2.65. The Morgan fingerprint density at radius 2 is 1.80 bits per heavy atom. The maximum Gasteiger partial charge on any atom is 0.416 e. The normalized spacial score (nSPS) is 11.5. The zero-order valence-electron chi connectivity index (χ0n) is 13.0. The van der Waals surface area contributed by atoms with Gasteiger partial charge in [-0.1, -0.05) is 12.1 Å². The molecule has 3 rings (SSSR count). The van der Waals surface area contributed by atoms with Gasteiger partial charge in [0.1, 0.15) is 9.88 Å². The number of aromatic nitrogens is 1. The summed E-state index contributed by atoms with van der Waals surface area (Å²) in [6, 6.07) is 8.39. The fourth-order valence-electron chi connectivity index (χ4n) is 2.11. The van der Waals surface area contributed by atoms with Crippen LogP contribution in [-0.4, -0.2) is 17.6 Å². The van der Waals surface area contributed by atoms with Gasteiger partial charge < -0.3 is 4.74 Å². The Kier molecular flexibility index (Phi) is 4.91. The number of esters is 1. The molecule has 1 aromatic carbocycles. The number of ether oxygens (including phenoxy) is 1. The number of benzene rings is 1. The highest BCUT2D eigenvalue weighted by atomic mass is 32.1. The Balaban J connectivity index is 1.82. The average molecular weight is 383 g/mol. The number of halogens is 3. The summed E-state index contributed by atoms with van der Waals surface area (Å²) in [6.07, 6.45) is -2.70. The lowest BCUT2D eigenvalue weighted by Crippen LogP contribution is -2.03. The molecule has 8 heteroatoms. The van der Waals surface area contributed by atoms with Gasteiger partial charge in [-0.2, -0.15) is 13.2 Å². The maximum atomic E-state index is 12.6. The van der Waals surface area contributed by atoms with Crippen molar-refractivity contribution in [3.63, 3.8) is 0 Å². The van der Waals surface area contributed by atoms with Crippen LogP contribution >= 0.6 is 22.7 Å². The Hall–Kier alpha value is -2.19. The summed E-state index contributed by atoms with van der Waals surface area (Å²) in [5.41, 5.74) is -0.0724. The number of thiazole rings is 1. The quantitative estimate of drug-likeness (QED) is 0.540. The van der Waals surface area contributed by atoms with Crippen molar-refractivity contribution >= 4 is 28.6 Å². The van der Waals surface area contributed by atoms with Crippen molar-refractivity contribution in [1.29, 1.82) is 0 Å². The molecule has 0 spiro atoms. The molecule has 0 amide bonds. The standard InChI is InChI=1S/C17H12F3NO2S2/c1-2-23-16(22)13-8-7-12(24-13)14-9-21-15(25-14)10-3-5-11(6-4-10)17(18,19)20/h3-9H,2H2,1H3. The molecule has 0 aliphatic carbocycles. The first-order chi connectivity index (χ1) is 11.9. The predicted octanol–water partition coefficient (Wildman–Crippen LogP) is 5.73. The second-order valence-electron chi connectivity index (χ2n) is 4.99. The van der Waals surface area contributed by atoms with E-state index in [0.29, 0.717) is 22.1 Å². The number of thiophene rings is 1. The maximum absolute atomic E-state index is 12.6. The highest BCUT2D eigenvalue weighted by molar-refractivity contribution is 7.24. The van der Waals surface area contributed by atoms with E-state index in [1.54, 1.807) is 25.3 Å². The van der Waals surface area contributed by atoms with E-state index in [0.717, 1.165) is 21.9 Å². The number of hydrogen-bond acceptors (Lipinski definition) is 5. The minimum Gasteiger partial charge on any atom is -0.462 e. The van der Waals surface area contributed by atoms with E-state index in [2.05, 4.69) is 4.98 Å². The molecule has 0 unspecified atom stereocenters. The molecular weight excluding hydrogens is 371 g/mol. The van der Waals surface area contributed by atoms with Crippen LogP contribution < -0.4 is 0 Å². The van der Waals surface area contributed by atoms with Crippen LogP contribution in [0.15, 0.2) is 42.6 Å².